The number of nitrogens with zero attached hydrogens (tertiary/aromatic N) is 1. The van der Waals surface area contributed by atoms with Crippen LogP contribution in [0.1, 0.15) is 39.7 Å². The average molecular weight is 347 g/mol. The molecule has 136 valence electrons. The smallest absolute Gasteiger partial charge is 0.398 e. The first-order chi connectivity index (χ1) is 11.7. The maximum Gasteiger partial charge on any atom is 0.525 e. The standard InChI is InChI=1S/C19H27BFNO3/c1-18(2)19(3,4)25-20(24-18)17(21)16(14-8-6-5-7-9-14)13-22-11-10-15(23)12-22/h5-9,15,23H,10-13H2,1-4H3. The lowest BCUT2D eigenvalue weighted by Gasteiger charge is -2.32. The summed E-state index contributed by atoms with van der Waals surface area (Å²) in [5, 5.41) is 9.77. The van der Waals surface area contributed by atoms with Crippen LogP contribution in [-0.4, -0.2) is 54.1 Å². The van der Waals surface area contributed by atoms with Crippen molar-refractivity contribution < 1.29 is 18.8 Å². The van der Waals surface area contributed by atoms with Gasteiger partial charge in [-0.1, -0.05) is 30.3 Å². The van der Waals surface area contributed by atoms with Crippen molar-refractivity contribution in [1.29, 1.82) is 0 Å². The number of aliphatic hydroxyl groups excluding tert-OH is 1. The van der Waals surface area contributed by atoms with Crippen LogP contribution in [0.2, 0.25) is 0 Å². The molecule has 0 bridgehead atoms. The molecule has 6 heteroatoms. The second-order valence-electron chi connectivity index (χ2n) is 7.96. The first-order valence-corrected chi connectivity index (χ1v) is 8.89. The van der Waals surface area contributed by atoms with Crippen LogP contribution in [-0.2, 0) is 9.31 Å². The maximum absolute atomic E-state index is 15.4. The third-order valence-electron chi connectivity index (χ3n) is 5.50. The molecule has 2 aliphatic rings. The molecule has 1 atom stereocenters. The van der Waals surface area contributed by atoms with Gasteiger partial charge in [0.05, 0.1) is 17.3 Å². The van der Waals surface area contributed by atoms with Crippen molar-refractivity contribution in [2.75, 3.05) is 19.6 Å². The van der Waals surface area contributed by atoms with Crippen molar-refractivity contribution in [3.8, 4) is 0 Å². The number of hydrogen-bond donors (Lipinski definition) is 1. The molecule has 0 aliphatic carbocycles. The SMILES string of the molecule is CC1(C)OB(C(F)=C(CN2CCC(O)C2)c2ccccc2)OC1(C)C. The molecule has 1 N–H and O–H groups in total. The zero-order valence-electron chi connectivity index (χ0n) is 15.5. The predicted molar refractivity (Wildman–Crippen MR) is 97.6 cm³/mol. The summed E-state index contributed by atoms with van der Waals surface area (Å²) in [6.07, 6.45) is 0.386. The van der Waals surface area contributed by atoms with E-state index >= 15 is 4.39 Å². The van der Waals surface area contributed by atoms with E-state index in [9.17, 15) is 5.11 Å². The lowest BCUT2D eigenvalue weighted by Crippen LogP contribution is -2.41. The van der Waals surface area contributed by atoms with Crippen LogP contribution in [0.25, 0.3) is 5.57 Å². The fraction of sp³-hybridized carbons (Fsp3) is 0.579. The summed E-state index contributed by atoms with van der Waals surface area (Å²) in [5.41, 5.74) is -0.170. The van der Waals surface area contributed by atoms with E-state index in [0.717, 1.165) is 18.5 Å². The van der Waals surface area contributed by atoms with Crippen molar-refractivity contribution in [1.82, 2.24) is 4.90 Å². The third kappa shape index (κ3) is 3.82. The number of hydrogen-bond acceptors (Lipinski definition) is 4. The third-order valence-corrected chi connectivity index (χ3v) is 5.50. The fourth-order valence-electron chi connectivity index (χ4n) is 3.21. The fourth-order valence-corrected chi connectivity index (χ4v) is 3.21. The monoisotopic (exact) mass is 347 g/mol. The molecule has 25 heavy (non-hydrogen) atoms. The van der Waals surface area contributed by atoms with Crippen molar-refractivity contribution in [3.63, 3.8) is 0 Å². The van der Waals surface area contributed by atoms with Gasteiger partial charge < -0.3 is 14.4 Å². The summed E-state index contributed by atoms with van der Waals surface area (Å²) in [6.45, 7) is 9.41. The largest absolute Gasteiger partial charge is 0.525 e. The zero-order valence-corrected chi connectivity index (χ0v) is 15.5. The van der Waals surface area contributed by atoms with Crippen LogP contribution in [0.3, 0.4) is 0 Å². The van der Waals surface area contributed by atoms with E-state index in [2.05, 4.69) is 4.90 Å². The van der Waals surface area contributed by atoms with Gasteiger partial charge >= 0.3 is 7.12 Å². The molecule has 0 aromatic heterocycles. The highest BCUT2D eigenvalue weighted by molar-refractivity contribution is 6.55. The minimum atomic E-state index is -1.01. The molecule has 2 saturated heterocycles. The topological polar surface area (TPSA) is 41.9 Å². The zero-order chi connectivity index (χ0) is 18.2. The lowest BCUT2D eigenvalue weighted by atomic mass is 9.82. The Balaban J connectivity index is 1.91. The Kier molecular flexibility index (Phi) is 5.08. The lowest BCUT2D eigenvalue weighted by molar-refractivity contribution is 0.00578. The van der Waals surface area contributed by atoms with Gasteiger partial charge in [0.1, 0.15) is 5.73 Å². The van der Waals surface area contributed by atoms with Crippen molar-refractivity contribution in [2.45, 2.75) is 51.4 Å². The molecule has 0 amide bonds. The number of rotatable bonds is 4. The van der Waals surface area contributed by atoms with Crippen LogP contribution in [0.15, 0.2) is 36.1 Å². The first-order valence-electron chi connectivity index (χ1n) is 8.89. The maximum atomic E-state index is 15.4. The van der Waals surface area contributed by atoms with Crippen molar-refractivity contribution in [2.24, 2.45) is 0 Å². The molecule has 2 aliphatic heterocycles. The van der Waals surface area contributed by atoms with Gasteiger partial charge in [0.25, 0.3) is 0 Å². The minimum absolute atomic E-state index is 0.336. The molecular formula is C19H27BFNO3. The molecule has 3 rings (SSSR count). The van der Waals surface area contributed by atoms with Gasteiger partial charge in [-0.25, -0.2) is 4.39 Å². The van der Waals surface area contributed by atoms with Gasteiger partial charge in [0, 0.05) is 25.2 Å². The average Bonchev–Trinajstić information content (AvgIpc) is 3.05. The van der Waals surface area contributed by atoms with E-state index < -0.39 is 18.3 Å². The van der Waals surface area contributed by atoms with Crippen LogP contribution in [0.4, 0.5) is 4.39 Å². The van der Waals surface area contributed by atoms with Gasteiger partial charge in [-0.3, -0.25) is 4.90 Å². The Labute approximate surface area is 149 Å². The second-order valence-corrected chi connectivity index (χ2v) is 7.96. The van der Waals surface area contributed by atoms with E-state index in [1.54, 1.807) is 0 Å². The minimum Gasteiger partial charge on any atom is -0.398 e. The normalized spacial score (nSPS) is 26.8. The molecule has 0 spiro atoms. The van der Waals surface area contributed by atoms with Gasteiger partial charge in [-0.05, 0) is 39.7 Å². The highest BCUT2D eigenvalue weighted by Crippen LogP contribution is 2.40. The predicted octanol–water partition coefficient (Wildman–Crippen LogP) is 3.07. The van der Waals surface area contributed by atoms with Crippen LogP contribution >= 0.6 is 0 Å². The van der Waals surface area contributed by atoms with E-state index in [1.807, 2.05) is 58.0 Å². The number of aliphatic hydroxyl groups is 1. The van der Waals surface area contributed by atoms with Gasteiger partial charge in [0.2, 0.25) is 0 Å². The Hall–Kier alpha value is -1.21. The summed E-state index contributed by atoms with van der Waals surface area (Å²) in [4.78, 5) is 2.07. The second kappa shape index (κ2) is 6.84. The molecule has 2 heterocycles. The van der Waals surface area contributed by atoms with E-state index in [0.29, 0.717) is 18.7 Å². The van der Waals surface area contributed by atoms with Gasteiger partial charge in [0.15, 0.2) is 0 Å². The van der Waals surface area contributed by atoms with Crippen LogP contribution in [0, 0.1) is 0 Å². The van der Waals surface area contributed by atoms with Crippen molar-refractivity contribution >= 4 is 12.7 Å². The molecule has 0 radical (unpaired) electrons. The van der Waals surface area contributed by atoms with E-state index in [1.165, 1.54) is 0 Å². The highest BCUT2D eigenvalue weighted by atomic mass is 19.1. The Bertz CT molecular complexity index is 631. The molecule has 1 unspecified atom stereocenters. The molecule has 2 fully saturated rings. The molecular weight excluding hydrogens is 320 g/mol. The van der Waals surface area contributed by atoms with E-state index in [-0.39, 0.29) is 11.8 Å². The number of benzene rings is 1. The summed E-state index contributed by atoms with van der Waals surface area (Å²) >= 11 is 0. The highest BCUT2D eigenvalue weighted by Gasteiger charge is 2.53. The van der Waals surface area contributed by atoms with Crippen LogP contribution in [0.5, 0.6) is 0 Å². The first kappa shape index (κ1) is 18.6. The Morgan fingerprint density at radius 2 is 1.80 bits per heavy atom. The summed E-state index contributed by atoms with van der Waals surface area (Å²) < 4.78 is 27.2. The summed E-state index contributed by atoms with van der Waals surface area (Å²) in [7, 11) is -1.01. The van der Waals surface area contributed by atoms with Crippen LogP contribution < -0.4 is 0 Å². The summed E-state index contributed by atoms with van der Waals surface area (Å²) in [6, 6.07) is 9.49. The summed E-state index contributed by atoms with van der Waals surface area (Å²) in [5.74, 6) is 0. The number of likely N-dealkylation sites (tertiary alicyclic amines) is 1. The molecule has 1 aromatic rings. The number of halogens is 1. The van der Waals surface area contributed by atoms with Crippen molar-refractivity contribution in [3.05, 3.63) is 41.6 Å². The molecule has 0 saturated carbocycles. The number of β-amino-alcohol motifs (C(OH)–C–C–N with tert-alkyl or cyclic N) is 1. The Morgan fingerprint density at radius 1 is 1.20 bits per heavy atom. The molecule has 4 nitrogen and oxygen atoms in total. The van der Waals surface area contributed by atoms with E-state index in [4.69, 9.17) is 9.31 Å². The Morgan fingerprint density at radius 3 is 2.32 bits per heavy atom. The van der Waals surface area contributed by atoms with Gasteiger partial charge in [-0.15, -0.1) is 0 Å². The quantitative estimate of drug-likeness (QED) is 0.850. The van der Waals surface area contributed by atoms with Gasteiger partial charge in [-0.2, -0.15) is 0 Å². The molecule has 1 aromatic carbocycles.